The van der Waals surface area contributed by atoms with Gasteiger partial charge in [-0.3, -0.25) is 0 Å². The number of hydrogen-bond donors (Lipinski definition) is 0. The maximum Gasteiger partial charge on any atom is 0.0959 e. The molecule has 1 rings (SSSR count). The normalized spacial score (nSPS) is 10.3. The van der Waals surface area contributed by atoms with Gasteiger partial charge in [0.15, 0.2) is 0 Å². The predicted molar refractivity (Wildman–Crippen MR) is 102 cm³/mol. The zero-order chi connectivity index (χ0) is 14.3. The van der Waals surface area contributed by atoms with Crippen molar-refractivity contribution < 1.29 is 0 Å². The van der Waals surface area contributed by atoms with Gasteiger partial charge in [-0.2, -0.15) is 0 Å². The lowest BCUT2D eigenvalue weighted by Crippen LogP contribution is -1.85. The molecular formula is C18H32BrNS. The van der Waals surface area contributed by atoms with Crippen molar-refractivity contribution in [2.75, 3.05) is 5.75 Å². The average molecular weight is 374 g/mol. The summed E-state index contributed by atoms with van der Waals surface area (Å²) in [7, 11) is 0. The van der Waals surface area contributed by atoms with E-state index < -0.39 is 0 Å². The van der Waals surface area contributed by atoms with Crippen LogP contribution in [0.5, 0.6) is 0 Å². The van der Waals surface area contributed by atoms with Gasteiger partial charge in [-0.25, -0.2) is 4.98 Å². The molecule has 1 aromatic rings. The van der Waals surface area contributed by atoms with E-state index >= 15 is 0 Å². The lowest BCUT2D eigenvalue weighted by atomic mass is 10.1. The lowest BCUT2D eigenvalue weighted by molar-refractivity contribution is 0.555. The maximum atomic E-state index is 4.33. The van der Waals surface area contributed by atoms with E-state index in [1.165, 1.54) is 81.4 Å². The second-order valence-corrected chi connectivity index (χ2v) is 6.67. The van der Waals surface area contributed by atoms with E-state index in [1.54, 1.807) is 0 Å². The van der Waals surface area contributed by atoms with Crippen molar-refractivity contribution in [3.05, 3.63) is 24.4 Å². The van der Waals surface area contributed by atoms with Crippen LogP contribution in [0.3, 0.4) is 0 Å². The van der Waals surface area contributed by atoms with Crippen molar-refractivity contribution in [2.45, 2.75) is 82.6 Å². The summed E-state index contributed by atoms with van der Waals surface area (Å²) < 4.78 is 0. The highest BCUT2D eigenvalue weighted by Crippen LogP contribution is 2.17. The molecule has 0 aliphatic rings. The minimum Gasteiger partial charge on any atom is -0.250 e. The highest BCUT2D eigenvalue weighted by molar-refractivity contribution is 8.93. The van der Waals surface area contributed by atoms with Gasteiger partial charge in [0, 0.05) is 6.20 Å². The molecule has 0 bridgehead atoms. The van der Waals surface area contributed by atoms with E-state index in [4.69, 9.17) is 0 Å². The first-order valence-corrected chi connectivity index (χ1v) is 9.46. The molecule has 0 amide bonds. The predicted octanol–water partition coefficient (Wildman–Crippen LogP) is 7.06. The molecule has 21 heavy (non-hydrogen) atoms. The van der Waals surface area contributed by atoms with Crippen LogP contribution in [0.2, 0.25) is 0 Å². The molecule has 1 heterocycles. The highest BCUT2D eigenvalue weighted by Gasteiger charge is 1.95. The van der Waals surface area contributed by atoms with Crippen molar-refractivity contribution in [3.8, 4) is 0 Å². The Morgan fingerprint density at radius 2 is 1.38 bits per heavy atom. The van der Waals surface area contributed by atoms with Crippen LogP contribution in [0.15, 0.2) is 29.4 Å². The summed E-state index contributed by atoms with van der Waals surface area (Å²) in [5.41, 5.74) is 0. The Balaban J connectivity index is 0.00000400. The Labute approximate surface area is 146 Å². The van der Waals surface area contributed by atoms with Crippen molar-refractivity contribution in [3.63, 3.8) is 0 Å². The van der Waals surface area contributed by atoms with E-state index in [-0.39, 0.29) is 17.0 Å². The summed E-state index contributed by atoms with van der Waals surface area (Å²) in [5, 5.41) is 1.17. The molecule has 0 saturated carbocycles. The number of nitrogens with zero attached hydrogens (tertiary/aromatic N) is 1. The number of aromatic nitrogens is 1. The molecule has 0 spiro atoms. The van der Waals surface area contributed by atoms with Crippen molar-refractivity contribution in [1.82, 2.24) is 4.98 Å². The van der Waals surface area contributed by atoms with E-state index in [1.807, 2.05) is 24.0 Å². The summed E-state index contributed by atoms with van der Waals surface area (Å²) in [6.07, 6.45) is 17.5. The first kappa shape index (κ1) is 21.0. The molecule has 1 aromatic heterocycles. The third kappa shape index (κ3) is 13.4. The minimum absolute atomic E-state index is 0. The van der Waals surface area contributed by atoms with Gasteiger partial charge < -0.3 is 0 Å². The van der Waals surface area contributed by atoms with E-state index in [2.05, 4.69) is 24.0 Å². The molecule has 0 aromatic carbocycles. The minimum atomic E-state index is 0. The number of thioether (sulfide) groups is 1. The lowest BCUT2D eigenvalue weighted by Gasteiger charge is -2.03. The number of rotatable bonds is 13. The molecule has 0 N–H and O–H groups in total. The summed E-state index contributed by atoms with van der Waals surface area (Å²) >= 11 is 1.89. The van der Waals surface area contributed by atoms with Crippen LogP contribution < -0.4 is 0 Å². The number of halogens is 1. The largest absolute Gasteiger partial charge is 0.250 e. The van der Waals surface area contributed by atoms with Crippen LogP contribution in [0.1, 0.15) is 77.6 Å². The van der Waals surface area contributed by atoms with Crippen LogP contribution in [-0.4, -0.2) is 10.7 Å². The van der Waals surface area contributed by atoms with Gasteiger partial charge in [0.1, 0.15) is 0 Å². The van der Waals surface area contributed by atoms with Gasteiger partial charge in [-0.15, -0.1) is 28.7 Å². The Hall–Kier alpha value is -0.0200. The van der Waals surface area contributed by atoms with Crippen LogP contribution in [0.4, 0.5) is 0 Å². The highest BCUT2D eigenvalue weighted by atomic mass is 79.9. The second-order valence-electron chi connectivity index (χ2n) is 5.55. The third-order valence-corrected chi connectivity index (χ3v) is 4.67. The number of pyridine rings is 1. The Morgan fingerprint density at radius 1 is 0.810 bits per heavy atom. The SMILES string of the molecule is Br.CCCCCCCCCCCCCSc1ccccn1. The molecule has 0 radical (unpaired) electrons. The van der Waals surface area contributed by atoms with Crippen LogP contribution in [0.25, 0.3) is 0 Å². The number of hydrogen-bond acceptors (Lipinski definition) is 2. The van der Waals surface area contributed by atoms with Crippen LogP contribution in [-0.2, 0) is 0 Å². The van der Waals surface area contributed by atoms with Crippen molar-refractivity contribution >= 4 is 28.7 Å². The fourth-order valence-corrected chi connectivity index (χ4v) is 3.24. The molecule has 0 fully saturated rings. The second kappa shape index (κ2) is 16.4. The molecule has 0 aliphatic heterocycles. The first-order valence-electron chi connectivity index (χ1n) is 8.47. The van der Waals surface area contributed by atoms with Gasteiger partial charge in [0.2, 0.25) is 0 Å². The van der Waals surface area contributed by atoms with E-state index in [0.29, 0.717) is 0 Å². The smallest absolute Gasteiger partial charge is 0.0959 e. The van der Waals surface area contributed by atoms with Gasteiger partial charge in [0.05, 0.1) is 5.03 Å². The Bertz CT molecular complexity index is 305. The maximum absolute atomic E-state index is 4.33. The van der Waals surface area contributed by atoms with Gasteiger partial charge in [0.25, 0.3) is 0 Å². The van der Waals surface area contributed by atoms with Gasteiger partial charge >= 0.3 is 0 Å². The molecule has 0 saturated heterocycles. The van der Waals surface area contributed by atoms with Crippen LogP contribution >= 0.6 is 28.7 Å². The van der Waals surface area contributed by atoms with E-state index in [9.17, 15) is 0 Å². The summed E-state index contributed by atoms with van der Waals surface area (Å²) in [4.78, 5) is 4.33. The first-order chi connectivity index (χ1) is 9.93. The van der Waals surface area contributed by atoms with Gasteiger partial charge in [-0.1, -0.05) is 77.2 Å². The fourth-order valence-electron chi connectivity index (χ4n) is 2.38. The summed E-state index contributed by atoms with van der Waals surface area (Å²) in [6.45, 7) is 2.28. The molecule has 0 aliphatic carbocycles. The molecule has 1 nitrogen and oxygen atoms in total. The zero-order valence-electron chi connectivity index (χ0n) is 13.6. The zero-order valence-corrected chi connectivity index (χ0v) is 16.1. The molecule has 3 heteroatoms. The molecular weight excluding hydrogens is 342 g/mol. The van der Waals surface area contributed by atoms with Crippen molar-refractivity contribution in [2.24, 2.45) is 0 Å². The quantitative estimate of drug-likeness (QED) is 0.271. The molecule has 0 unspecified atom stereocenters. The Kier molecular flexibility index (Phi) is 16.3. The number of unbranched alkanes of at least 4 members (excludes halogenated alkanes) is 10. The Morgan fingerprint density at radius 3 is 1.90 bits per heavy atom. The van der Waals surface area contributed by atoms with Crippen molar-refractivity contribution in [1.29, 1.82) is 0 Å². The average Bonchev–Trinajstić information content (AvgIpc) is 2.49. The topological polar surface area (TPSA) is 12.9 Å². The third-order valence-electron chi connectivity index (χ3n) is 3.64. The van der Waals surface area contributed by atoms with Crippen LogP contribution in [0, 0.1) is 0 Å². The molecule has 122 valence electrons. The fraction of sp³-hybridized carbons (Fsp3) is 0.722. The van der Waals surface area contributed by atoms with E-state index in [0.717, 1.165) is 0 Å². The summed E-state index contributed by atoms with van der Waals surface area (Å²) in [6, 6.07) is 6.14. The standard InChI is InChI=1S/C18H31NS.BrH/c1-2-3-4-5-6-7-8-9-10-11-14-17-20-18-15-12-13-16-19-18;/h12-13,15-16H,2-11,14,17H2,1H3;1H. The monoisotopic (exact) mass is 373 g/mol. The summed E-state index contributed by atoms with van der Waals surface area (Å²) in [5.74, 6) is 1.22. The molecule has 0 atom stereocenters. The van der Waals surface area contributed by atoms with Gasteiger partial charge in [-0.05, 0) is 24.3 Å².